The molecule has 15 heavy (non-hydrogen) atoms. The van der Waals surface area contributed by atoms with Gasteiger partial charge in [-0.15, -0.1) is 0 Å². The highest BCUT2D eigenvalue weighted by molar-refractivity contribution is 5.61. The van der Waals surface area contributed by atoms with E-state index in [0.717, 1.165) is 17.0 Å². The van der Waals surface area contributed by atoms with Crippen LogP contribution in [0.15, 0.2) is 18.2 Å². The van der Waals surface area contributed by atoms with Crippen LogP contribution in [-0.4, -0.2) is 10.1 Å². The maximum absolute atomic E-state index is 10.1. The number of aliphatic hydroxyl groups is 1. The van der Waals surface area contributed by atoms with Crippen molar-refractivity contribution in [1.29, 1.82) is 0 Å². The lowest BCUT2D eigenvalue weighted by Crippen LogP contribution is -2.21. The van der Waals surface area contributed by atoms with Crippen molar-refractivity contribution in [1.82, 2.24) is 4.98 Å². The van der Waals surface area contributed by atoms with Crippen LogP contribution in [0.1, 0.15) is 44.6 Å². The van der Waals surface area contributed by atoms with E-state index in [1.807, 2.05) is 18.2 Å². The molecular weight excluding hydrogens is 186 g/mol. The van der Waals surface area contributed by atoms with E-state index in [9.17, 15) is 5.11 Å². The van der Waals surface area contributed by atoms with Crippen LogP contribution >= 0.6 is 0 Å². The van der Waals surface area contributed by atoms with E-state index in [4.69, 9.17) is 0 Å². The molecule has 1 aromatic heterocycles. The van der Waals surface area contributed by atoms with E-state index in [1.54, 1.807) is 13.0 Å². The third-order valence-corrected chi connectivity index (χ3v) is 2.76. The Morgan fingerprint density at radius 1 is 1.27 bits per heavy atom. The minimum atomic E-state index is -0.906. The molecule has 0 aromatic carbocycles. The van der Waals surface area contributed by atoms with Gasteiger partial charge in [0.25, 0.3) is 0 Å². The van der Waals surface area contributed by atoms with E-state index < -0.39 is 5.60 Å². The lowest BCUT2D eigenvalue weighted by molar-refractivity contribution is 0.109. The monoisotopic (exact) mass is 203 g/mol. The van der Waals surface area contributed by atoms with Crippen LogP contribution in [0.4, 0.5) is 0 Å². The van der Waals surface area contributed by atoms with Crippen LogP contribution in [0, 0.1) is 0 Å². The average molecular weight is 203 g/mol. The molecule has 2 rings (SSSR count). The van der Waals surface area contributed by atoms with Crippen LogP contribution in [0.25, 0.3) is 6.08 Å². The molecule has 1 aliphatic carbocycles. The molecular formula is C13H17NO. The molecule has 80 valence electrons. The van der Waals surface area contributed by atoms with Crippen LogP contribution in [0.2, 0.25) is 0 Å². The maximum Gasteiger partial charge on any atom is 0.123 e. The van der Waals surface area contributed by atoms with E-state index >= 15 is 0 Å². The second-order valence-corrected chi connectivity index (χ2v) is 5.37. The number of aromatic nitrogens is 1. The fourth-order valence-corrected chi connectivity index (χ4v) is 1.76. The van der Waals surface area contributed by atoms with Gasteiger partial charge in [0.2, 0.25) is 0 Å². The number of hydrogen-bond donors (Lipinski definition) is 1. The van der Waals surface area contributed by atoms with Gasteiger partial charge in [-0.2, -0.15) is 0 Å². The number of rotatable bonds is 0. The van der Waals surface area contributed by atoms with Gasteiger partial charge in [0.1, 0.15) is 5.60 Å². The van der Waals surface area contributed by atoms with E-state index in [2.05, 4.69) is 25.8 Å². The zero-order valence-corrected chi connectivity index (χ0v) is 9.70. The largest absolute Gasteiger partial charge is 0.380 e. The molecule has 0 radical (unpaired) electrons. The number of hydrogen-bond acceptors (Lipinski definition) is 2. The molecule has 0 bridgehead atoms. The molecule has 1 aromatic rings. The molecule has 1 heterocycles. The normalized spacial score (nSPS) is 24.3. The molecule has 1 atom stereocenters. The van der Waals surface area contributed by atoms with Crippen LogP contribution in [-0.2, 0) is 11.0 Å². The fraction of sp³-hybridized carbons (Fsp3) is 0.462. The van der Waals surface area contributed by atoms with Crippen molar-refractivity contribution in [3.63, 3.8) is 0 Å². The van der Waals surface area contributed by atoms with Crippen molar-refractivity contribution in [2.24, 2.45) is 0 Å². The summed E-state index contributed by atoms with van der Waals surface area (Å²) in [5.74, 6) is 0. The summed E-state index contributed by atoms with van der Waals surface area (Å²) in [7, 11) is 0. The van der Waals surface area contributed by atoms with Gasteiger partial charge in [-0.3, -0.25) is 4.98 Å². The summed E-state index contributed by atoms with van der Waals surface area (Å²) in [6.45, 7) is 8.14. The quantitative estimate of drug-likeness (QED) is 0.703. The Hall–Kier alpha value is -1.15. The molecule has 1 aliphatic rings. The summed E-state index contributed by atoms with van der Waals surface area (Å²) < 4.78 is 0. The SMILES string of the molecule is CC(C)(C)c1ccc2c(n1)C(C)(O)C=C2. The predicted octanol–water partition coefficient (Wildman–Crippen LogP) is 2.61. The lowest BCUT2D eigenvalue weighted by atomic mass is 9.90. The summed E-state index contributed by atoms with van der Waals surface area (Å²) in [6, 6.07) is 4.06. The van der Waals surface area contributed by atoms with Crippen molar-refractivity contribution in [3.05, 3.63) is 35.2 Å². The van der Waals surface area contributed by atoms with Gasteiger partial charge in [0.05, 0.1) is 5.69 Å². The zero-order valence-electron chi connectivity index (χ0n) is 9.70. The molecule has 0 spiro atoms. The number of nitrogens with zero attached hydrogens (tertiary/aromatic N) is 1. The van der Waals surface area contributed by atoms with Crippen molar-refractivity contribution >= 4 is 6.08 Å². The van der Waals surface area contributed by atoms with Crippen molar-refractivity contribution in [2.75, 3.05) is 0 Å². The maximum atomic E-state index is 10.1. The topological polar surface area (TPSA) is 33.1 Å². The Kier molecular flexibility index (Phi) is 2.02. The molecule has 0 aliphatic heterocycles. The molecule has 0 fully saturated rings. The van der Waals surface area contributed by atoms with Crippen molar-refractivity contribution < 1.29 is 5.11 Å². The highest BCUT2D eigenvalue weighted by Crippen LogP contribution is 2.33. The third kappa shape index (κ3) is 1.70. The summed E-state index contributed by atoms with van der Waals surface area (Å²) in [5.41, 5.74) is 1.93. The van der Waals surface area contributed by atoms with Crippen LogP contribution < -0.4 is 0 Å². The van der Waals surface area contributed by atoms with Crippen LogP contribution in [0.3, 0.4) is 0 Å². The summed E-state index contributed by atoms with van der Waals surface area (Å²) >= 11 is 0. The van der Waals surface area contributed by atoms with Gasteiger partial charge in [-0.1, -0.05) is 32.9 Å². The molecule has 2 heteroatoms. The smallest absolute Gasteiger partial charge is 0.123 e. The van der Waals surface area contributed by atoms with E-state index in [0.29, 0.717) is 0 Å². The fourth-order valence-electron chi connectivity index (χ4n) is 1.76. The first kappa shape index (κ1) is 10.4. The molecule has 1 unspecified atom stereocenters. The first-order valence-corrected chi connectivity index (χ1v) is 5.24. The molecule has 2 nitrogen and oxygen atoms in total. The van der Waals surface area contributed by atoms with Crippen molar-refractivity contribution in [2.45, 2.75) is 38.7 Å². The number of fused-ring (bicyclic) bond motifs is 1. The molecule has 0 saturated carbocycles. The van der Waals surface area contributed by atoms with Crippen LogP contribution in [0.5, 0.6) is 0 Å². The summed E-state index contributed by atoms with van der Waals surface area (Å²) in [6.07, 6.45) is 3.71. The highest BCUT2D eigenvalue weighted by atomic mass is 16.3. The van der Waals surface area contributed by atoms with Gasteiger partial charge < -0.3 is 5.11 Å². The summed E-state index contributed by atoms with van der Waals surface area (Å²) in [5, 5.41) is 10.1. The first-order chi connectivity index (χ1) is 6.81. The predicted molar refractivity (Wildman–Crippen MR) is 61.5 cm³/mol. The first-order valence-electron chi connectivity index (χ1n) is 5.24. The van der Waals surface area contributed by atoms with E-state index in [1.165, 1.54) is 0 Å². The second kappa shape index (κ2) is 2.92. The molecule has 0 amide bonds. The Labute approximate surface area is 90.7 Å². The Morgan fingerprint density at radius 2 is 1.93 bits per heavy atom. The Morgan fingerprint density at radius 3 is 2.53 bits per heavy atom. The molecule has 1 N–H and O–H groups in total. The summed E-state index contributed by atoms with van der Waals surface area (Å²) in [4.78, 5) is 4.56. The van der Waals surface area contributed by atoms with Gasteiger partial charge >= 0.3 is 0 Å². The van der Waals surface area contributed by atoms with Gasteiger partial charge in [0.15, 0.2) is 0 Å². The highest BCUT2D eigenvalue weighted by Gasteiger charge is 2.30. The standard InChI is InChI=1S/C13H17NO/c1-12(2,3)10-6-5-9-7-8-13(4,15)11(9)14-10/h5-8,15H,1-4H3. The average Bonchev–Trinajstić information content (AvgIpc) is 2.41. The van der Waals surface area contributed by atoms with Gasteiger partial charge in [0, 0.05) is 11.1 Å². The Bertz CT molecular complexity index is 425. The van der Waals surface area contributed by atoms with Crippen molar-refractivity contribution in [3.8, 4) is 0 Å². The van der Waals surface area contributed by atoms with E-state index in [-0.39, 0.29) is 5.41 Å². The van der Waals surface area contributed by atoms with Gasteiger partial charge in [-0.05, 0) is 24.6 Å². The minimum Gasteiger partial charge on any atom is -0.380 e. The number of pyridine rings is 1. The third-order valence-electron chi connectivity index (χ3n) is 2.76. The van der Waals surface area contributed by atoms with Gasteiger partial charge in [-0.25, -0.2) is 0 Å². The Balaban J connectivity index is 2.54. The lowest BCUT2D eigenvalue weighted by Gasteiger charge is -2.22. The second-order valence-electron chi connectivity index (χ2n) is 5.37. The molecule has 0 saturated heterocycles. The minimum absolute atomic E-state index is 0.0215. The zero-order chi connectivity index (χ0) is 11.3.